The molecular formula is C12H17NO4. The maximum Gasteiger partial charge on any atom is 0.371 e. The van der Waals surface area contributed by atoms with Gasteiger partial charge in [-0.1, -0.05) is 0 Å². The van der Waals surface area contributed by atoms with Crippen molar-refractivity contribution >= 4 is 5.97 Å². The highest BCUT2D eigenvalue weighted by Gasteiger charge is 2.36. The molecular weight excluding hydrogens is 222 g/mol. The first-order chi connectivity index (χ1) is 8.01. The van der Waals surface area contributed by atoms with Crippen molar-refractivity contribution < 1.29 is 19.1 Å². The average Bonchev–Trinajstić information content (AvgIpc) is 2.85. The van der Waals surface area contributed by atoms with Crippen LogP contribution in [-0.2, 0) is 11.3 Å². The molecule has 2 rings (SSSR count). The van der Waals surface area contributed by atoms with Gasteiger partial charge in [-0.3, -0.25) is 0 Å². The molecule has 1 aliphatic heterocycles. The molecule has 0 bridgehead atoms. The zero-order valence-corrected chi connectivity index (χ0v) is 10.0. The zero-order chi connectivity index (χ0) is 12.5. The summed E-state index contributed by atoms with van der Waals surface area (Å²) in [5.41, 5.74) is -0.0732. The SMILES string of the molecule is CC1OCCC1(C)NCc1ccc(C(=O)O)o1. The fourth-order valence-electron chi connectivity index (χ4n) is 1.94. The van der Waals surface area contributed by atoms with Gasteiger partial charge < -0.3 is 19.6 Å². The fraction of sp³-hybridized carbons (Fsp3) is 0.583. The van der Waals surface area contributed by atoms with E-state index in [-0.39, 0.29) is 17.4 Å². The van der Waals surface area contributed by atoms with E-state index in [1.165, 1.54) is 6.07 Å². The fourth-order valence-corrected chi connectivity index (χ4v) is 1.94. The van der Waals surface area contributed by atoms with E-state index < -0.39 is 5.97 Å². The number of carbonyl (C=O) groups is 1. The second-order valence-electron chi connectivity index (χ2n) is 4.61. The number of rotatable bonds is 4. The Labute approximate surface area is 99.8 Å². The Morgan fingerprint density at radius 2 is 2.41 bits per heavy atom. The lowest BCUT2D eigenvalue weighted by Gasteiger charge is -2.28. The second-order valence-corrected chi connectivity index (χ2v) is 4.61. The molecule has 0 spiro atoms. The standard InChI is InChI=1S/C12H17NO4/c1-8-12(2,5-6-16-8)13-7-9-3-4-10(17-9)11(14)15/h3-4,8,13H,5-7H2,1-2H3,(H,14,15). The molecule has 5 nitrogen and oxygen atoms in total. The summed E-state index contributed by atoms with van der Waals surface area (Å²) in [7, 11) is 0. The molecule has 2 unspecified atom stereocenters. The lowest BCUT2D eigenvalue weighted by Crippen LogP contribution is -2.47. The molecule has 0 aromatic carbocycles. The molecule has 1 aliphatic rings. The van der Waals surface area contributed by atoms with E-state index in [1.54, 1.807) is 6.07 Å². The van der Waals surface area contributed by atoms with E-state index in [1.807, 2.05) is 6.92 Å². The van der Waals surface area contributed by atoms with Gasteiger partial charge in [-0.2, -0.15) is 0 Å². The number of carboxylic acids is 1. The van der Waals surface area contributed by atoms with Crippen LogP contribution < -0.4 is 5.32 Å². The Balaban J connectivity index is 1.95. The molecule has 1 aromatic heterocycles. The lowest BCUT2D eigenvalue weighted by atomic mass is 9.95. The smallest absolute Gasteiger partial charge is 0.371 e. The van der Waals surface area contributed by atoms with Crippen LogP contribution in [0.1, 0.15) is 36.6 Å². The van der Waals surface area contributed by atoms with Crippen molar-refractivity contribution in [2.45, 2.75) is 38.5 Å². The van der Waals surface area contributed by atoms with Gasteiger partial charge in [-0.15, -0.1) is 0 Å². The van der Waals surface area contributed by atoms with Crippen LogP contribution in [0, 0.1) is 0 Å². The maximum absolute atomic E-state index is 10.7. The third-order valence-corrected chi connectivity index (χ3v) is 3.43. The van der Waals surface area contributed by atoms with Gasteiger partial charge in [0.25, 0.3) is 0 Å². The molecule has 0 aliphatic carbocycles. The number of furan rings is 1. The van der Waals surface area contributed by atoms with Crippen LogP contribution in [0.3, 0.4) is 0 Å². The highest BCUT2D eigenvalue weighted by molar-refractivity contribution is 5.84. The van der Waals surface area contributed by atoms with Gasteiger partial charge in [0.15, 0.2) is 0 Å². The molecule has 2 N–H and O–H groups in total. The third kappa shape index (κ3) is 2.50. The number of ether oxygens (including phenoxy) is 1. The third-order valence-electron chi connectivity index (χ3n) is 3.43. The van der Waals surface area contributed by atoms with E-state index in [0.717, 1.165) is 13.0 Å². The number of hydrogen-bond donors (Lipinski definition) is 2. The summed E-state index contributed by atoms with van der Waals surface area (Å²) in [6.07, 6.45) is 1.09. The van der Waals surface area contributed by atoms with Gasteiger partial charge in [-0.25, -0.2) is 4.79 Å². The van der Waals surface area contributed by atoms with Crippen LogP contribution in [-0.4, -0.2) is 29.3 Å². The van der Waals surface area contributed by atoms with Crippen molar-refractivity contribution in [2.24, 2.45) is 0 Å². The first-order valence-electron chi connectivity index (χ1n) is 5.70. The lowest BCUT2D eigenvalue weighted by molar-refractivity contribution is 0.0658. The molecule has 1 fully saturated rings. The highest BCUT2D eigenvalue weighted by atomic mass is 16.5. The van der Waals surface area contributed by atoms with Gasteiger partial charge in [0, 0.05) is 12.1 Å². The topological polar surface area (TPSA) is 71.7 Å². The van der Waals surface area contributed by atoms with Gasteiger partial charge in [0.2, 0.25) is 5.76 Å². The van der Waals surface area contributed by atoms with Crippen molar-refractivity contribution in [3.63, 3.8) is 0 Å². The van der Waals surface area contributed by atoms with Crippen LogP contribution in [0.2, 0.25) is 0 Å². The normalized spacial score (nSPS) is 28.5. The quantitative estimate of drug-likeness (QED) is 0.835. The summed E-state index contributed by atoms with van der Waals surface area (Å²) < 4.78 is 10.7. The van der Waals surface area contributed by atoms with Crippen molar-refractivity contribution in [2.75, 3.05) is 6.61 Å². The molecule has 0 radical (unpaired) electrons. The number of nitrogens with one attached hydrogen (secondary N) is 1. The minimum Gasteiger partial charge on any atom is -0.475 e. The Morgan fingerprint density at radius 1 is 1.65 bits per heavy atom. The minimum absolute atomic E-state index is 0.0253. The molecule has 2 heterocycles. The second kappa shape index (κ2) is 4.50. The molecule has 1 aromatic rings. The van der Waals surface area contributed by atoms with Gasteiger partial charge in [-0.05, 0) is 32.4 Å². The highest BCUT2D eigenvalue weighted by Crippen LogP contribution is 2.25. The van der Waals surface area contributed by atoms with Crippen molar-refractivity contribution in [3.8, 4) is 0 Å². The van der Waals surface area contributed by atoms with Gasteiger partial charge in [0.05, 0.1) is 12.6 Å². The largest absolute Gasteiger partial charge is 0.475 e. The summed E-state index contributed by atoms with van der Waals surface area (Å²) in [5, 5.41) is 12.1. The summed E-state index contributed by atoms with van der Waals surface area (Å²) in [4.78, 5) is 10.7. The van der Waals surface area contributed by atoms with Crippen LogP contribution in [0.15, 0.2) is 16.5 Å². The van der Waals surface area contributed by atoms with E-state index in [9.17, 15) is 4.79 Å². The summed E-state index contributed by atoms with van der Waals surface area (Å²) in [5.74, 6) is -0.439. The minimum atomic E-state index is -1.04. The van der Waals surface area contributed by atoms with Crippen LogP contribution in [0.5, 0.6) is 0 Å². The summed E-state index contributed by atoms with van der Waals surface area (Å²) >= 11 is 0. The Hall–Kier alpha value is -1.33. The van der Waals surface area contributed by atoms with Gasteiger partial charge >= 0.3 is 5.97 Å². The van der Waals surface area contributed by atoms with E-state index in [0.29, 0.717) is 12.3 Å². The van der Waals surface area contributed by atoms with Crippen molar-refractivity contribution in [1.82, 2.24) is 5.32 Å². The molecule has 1 saturated heterocycles. The van der Waals surface area contributed by atoms with Crippen LogP contribution in [0.4, 0.5) is 0 Å². The predicted molar refractivity (Wildman–Crippen MR) is 60.9 cm³/mol. The predicted octanol–water partition coefficient (Wildman–Crippen LogP) is 1.63. The first-order valence-corrected chi connectivity index (χ1v) is 5.70. The van der Waals surface area contributed by atoms with Gasteiger partial charge in [0.1, 0.15) is 5.76 Å². The monoisotopic (exact) mass is 239 g/mol. The van der Waals surface area contributed by atoms with Crippen LogP contribution >= 0.6 is 0 Å². The molecule has 2 atom stereocenters. The number of aromatic carboxylic acids is 1. The van der Waals surface area contributed by atoms with Crippen molar-refractivity contribution in [3.05, 3.63) is 23.7 Å². The Bertz CT molecular complexity index is 414. The average molecular weight is 239 g/mol. The van der Waals surface area contributed by atoms with E-state index in [2.05, 4.69) is 12.2 Å². The number of carboxylic acid groups (broad SMARTS) is 1. The summed E-state index contributed by atoms with van der Waals surface area (Å²) in [6, 6.07) is 3.15. The first kappa shape index (κ1) is 12.1. The van der Waals surface area contributed by atoms with Crippen LogP contribution in [0.25, 0.3) is 0 Å². The molecule has 0 saturated carbocycles. The molecule has 94 valence electrons. The summed E-state index contributed by atoms with van der Waals surface area (Å²) in [6.45, 7) is 5.40. The Morgan fingerprint density at radius 3 is 2.94 bits per heavy atom. The Kier molecular flexibility index (Phi) is 3.22. The zero-order valence-electron chi connectivity index (χ0n) is 10.0. The molecule has 17 heavy (non-hydrogen) atoms. The van der Waals surface area contributed by atoms with E-state index in [4.69, 9.17) is 14.3 Å². The number of hydrogen-bond acceptors (Lipinski definition) is 4. The van der Waals surface area contributed by atoms with E-state index >= 15 is 0 Å². The molecule has 5 heteroatoms. The maximum atomic E-state index is 10.7. The molecule has 0 amide bonds. The van der Waals surface area contributed by atoms with Crippen molar-refractivity contribution in [1.29, 1.82) is 0 Å².